The van der Waals surface area contributed by atoms with Crippen LogP contribution in [0.3, 0.4) is 0 Å². The van der Waals surface area contributed by atoms with Gasteiger partial charge in [-0.15, -0.1) is 0 Å². The summed E-state index contributed by atoms with van der Waals surface area (Å²) in [4.78, 5) is 0. The first-order valence-electron chi connectivity index (χ1n) is 3.61. The molecule has 0 aromatic heterocycles. The van der Waals surface area contributed by atoms with Crippen molar-refractivity contribution in [2.75, 3.05) is 0 Å². The molecule has 2 atom stereocenters. The second-order valence-electron chi connectivity index (χ2n) is 3.59. The van der Waals surface area contributed by atoms with Crippen LogP contribution in [-0.2, 0) is 32.7 Å². The Morgan fingerprint density at radius 3 is 1.90 bits per heavy atom. The first-order valence-corrected chi connectivity index (χ1v) is 3.61. The Labute approximate surface area is 89.3 Å². The summed E-state index contributed by atoms with van der Waals surface area (Å²) < 4.78 is 0. The van der Waals surface area contributed by atoms with Crippen LogP contribution >= 0.6 is 0 Å². The Morgan fingerprint density at radius 2 is 1.80 bits per heavy atom. The zero-order valence-corrected chi connectivity index (χ0v) is 10.1. The molecule has 0 amide bonds. The third-order valence-corrected chi connectivity index (χ3v) is 2.81. The maximum Gasteiger partial charge on any atom is 3.00 e. The van der Waals surface area contributed by atoms with E-state index in [4.69, 9.17) is 0 Å². The molecular formula is C9H15Y+2. The summed E-state index contributed by atoms with van der Waals surface area (Å²) in [6.45, 7) is 8.91. The Balaban J connectivity index is 0.000000810. The molecule has 0 aromatic rings. The fourth-order valence-electron chi connectivity index (χ4n) is 1.48. The van der Waals surface area contributed by atoms with E-state index in [1.807, 2.05) is 6.92 Å². The van der Waals surface area contributed by atoms with Crippen LogP contribution in [0.5, 0.6) is 0 Å². The molecule has 0 radical (unpaired) electrons. The molecule has 1 rings (SSSR count). The molecule has 1 aliphatic carbocycles. The molecule has 0 nitrogen and oxygen atoms in total. The molecule has 0 aromatic carbocycles. The summed E-state index contributed by atoms with van der Waals surface area (Å²) in [5, 5.41) is 0. The van der Waals surface area contributed by atoms with Crippen LogP contribution in [-0.4, -0.2) is 0 Å². The van der Waals surface area contributed by atoms with Gasteiger partial charge in [-0.25, -0.2) is 0 Å². The first kappa shape index (κ1) is 10.8. The predicted molar refractivity (Wildman–Crippen MR) is 39.9 cm³/mol. The Bertz CT molecular complexity index is 136. The maximum absolute atomic E-state index is 3.09. The SMILES string of the molecule is C[C-]=CC1C(C)C1(C)C.[Y+3]. The van der Waals surface area contributed by atoms with Gasteiger partial charge in [-0.2, -0.15) is 6.92 Å². The van der Waals surface area contributed by atoms with E-state index in [0.717, 1.165) is 11.8 Å². The van der Waals surface area contributed by atoms with Crippen LogP contribution in [0.15, 0.2) is 6.08 Å². The molecule has 52 valence electrons. The number of allylic oxidation sites excluding steroid dienone is 2. The topological polar surface area (TPSA) is 0 Å². The molecule has 0 aliphatic heterocycles. The van der Waals surface area contributed by atoms with E-state index in [9.17, 15) is 0 Å². The largest absolute Gasteiger partial charge is 3.00 e. The van der Waals surface area contributed by atoms with Gasteiger partial charge in [0, 0.05) is 0 Å². The van der Waals surface area contributed by atoms with E-state index in [1.54, 1.807) is 0 Å². The molecule has 0 bridgehead atoms. The number of rotatable bonds is 1. The van der Waals surface area contributed by atoms with E-state index >= 15 is 0 Å². The molecule has 10 heavy (non-hydrogen) atoms. The van der Waals surface area contributed by atoms with Gasteiger partial charge in [0.25, 0.3) is 0 Å². The van der Waals surface area contributed by atoms with Gasteiger partial charge < -0.3 is 6.08 Å². The average Bonchev–Trinajstić information content (AvgIpc) is 2.19. The average molecular weight is 212 g/mol. The van der Waals surface area contributed by atoms with Crippen molar-refractivity contribution in [1.29, 1.82) is 0 Å². The molecule has 1 saturated carbocycles. The van der Waals surface area contributed by atoms with Gasteiger partial charge in [-0.3, -0.25) is 6.08 Å². The monoisotopic (exact) mass is 212 g/mol. The van der Waals surface area contributed by atoms with Gasteiger partial charge in [0.1, 0.15) is 0 Å². The number of hydrogen-bond acceptors (Lipinski definition) is 0. The van der Waals surface area contributed by atoms with E-state index in [-0.39, 0.29) is 32.7 Å². The summed E-state index contributed by atoms with van der Waals surface area (Å²) >= 11 is 0. The van der Waals surface area contributed by atoms with E-state index in [2.05, 4.69) is 32.9 Å². The van der Waals surface area contributed by atoms with E-state index in [0.29, 0.717) is 5.41 Å². The maximum atomic E-state index is 3.09. The van der Waals surface area contributed by atoms with Gasteiger partial charge in [-0.05, 0) is 17.3 Å². The normalized spacial score (nSPS) is 35.6. The van der Waals surface area contributed by atoms with Crippen molar-refractivity contribution in [1.82, 2.24) is 0 Å². The van der Waals surface area contributed by atoms with Crippen molar-refractivity contribution >= 4 is 0 Å². The zero-order valence-electron chi connectivity index (χ0n) is 7.31. The molecule has 0 heterocycles. The van der Waals surface area contributed by atoms with Gasteiger partial charge in [0.15, 0.2) is 0 Å². The second kappa shape index (κ2) is 3.49. The van der Waals surface area contributed by atoms with Crippen molar-refractivity contribution in [3.8, 4) is 0 Å². The third-order valence-electron chi connectivity index (χ3n) is 2.81. The Kier molecular flexibility index (Phi) is 3.79. The van der Waals surface area contributed by atoms with Crippen LogP contribution in [0.25, 0.3) is 0 Å². The molecule has 0 N–H and O–H groups in total. The minimum atomic E-state index is 0. The van der Waals surface area contributed by atoms with Crippen LogP contribution < -0.4 is 0 Å². The van der Waals surface area contributed by atoms with Gasteiger partial charge in [0.2, 0.25) is 0 Å². The standard InChI is InChI=1S/C9H15.Y/c1-5-6-8-7(2)9(8,3)4;/h6-8H,1-4H3;/q-1;+3. The first-order chi connectivity index (χ1) is 4.10. The fraction of sp³-hybridized carbons (Fsp3) is 0.778. The molecular weight excluding hydrogens is 197 g/mol. The summed E-state index contributed by atoms with van der Waals surface area (Å²) in [6, 6.07) is 0. The smallest absolute Gasteiger partial charge is 0.503 e. The van der Waals surface area contributed by atoms with Crippen LogP contribution in [0, 0.1) is 23.3 Å². The molecule has 1 aliphatic rings. The minimum Gasteiger partial charge on any atom is -0.503 e. The molecule has 2 unspecified atom stereocenters. The van der Waals surface area contributed by atoms with Gasteiger partial charge in [0.05, 0.1) is 0 Å². The predicted octanol–water partition coefficient (Wildman–Crippen LogP) is 2.66. The quantitative estimate of drug-likeness (QED) is 0.586. The van der Waals surface area contributed by atoms with Crippen molar-refractivity contribution in [2.24, 2.45) is 17.3 Å². The number of hydrogen-bond donors (Lipinski definition) is 0. The van der Waals surface area contributed by atoms with Crippen molar-refractivity contribution in [3.05, 3.63) is 12.2 Å². The van der Waals surface area contributed by atoms with Crippen LogP contribution in [0.2, 0.25) is 0 Å². The summed E-state index contributed by atoms with van der Waals surface area (Å²) in [7, 11) is 0. The second-order valence-corrected chi connectivity index (χ2v) is 3.59. The van der Waals surface area contributed by atoms with Crippen molar-refractivity contribution in [3.63, 3.8) is 0 Å². The van der Waals surface area contributed by atoms with E-state index < -0.39 is 0 Å². The molecule has 1 heteroatoms. The molecule has 0 saturated heterocycles. The van der Waals surface area contributed by atoms with Crippen LogP contribution in [0.1, 0.15) is 27.7 Å². The minimum absolute atomic E-state index is 0. The molecule has 0 spiro atoms. The van der Waals surface area contributed by atoms with Crippen LogP contribution in [0.4, 0.5) is 0 Å². The summed E-state index contributed by atoms with van der Waals surface area (Å²) in [5.74, 6) is 1.66. The summed E-state index contributed by atoms with van der Waals surface area (Å²) in [5.41, 5.74) is 0.559. The zero-order chi connectivity index (χ0) is 7.07. The Hall–Kier alpha value is 0.844. The fourth-order valence-corrected chi connectivity index (χ4v) is 1.48. The van der Waals surface area contributed by atoms with Gasteiger partial charge >= 0.3 is 32.7 Å². The van der Waals surface area contributed by atoms with Crippen molar-refractivity contribution in [2.45, 2.75) is 27.7 Å². The van der Waals surface area contributed by atoms with Gasteiger partial charge in [-0.1, -0.05) is 20.8 Å². The third kappa shape index (κ3) is 1.71. The van der Waals surface area contributed by atoms with Crippen molar-refractivity contribution < 1.29 is 32.7 Å². The Morgan fingerprint density at radius 1 is 1.40 bits per heavy atom. The molecule has 1 fully saturated rings. The summed E-state index contributed by atoms with van der Waals surface area (Å²) in [6.07, 6.45) is 5.29. The van der Waals surface area contributed by atoms with E-state index in [1.165, 1.54) is 0 Å².